The van der Waals surface area contributed by atoms with E-state index in [-0.39, 0.29) is 0 Å². The van der Waals surface area contributed by atoms with Gasteiger partial charge in [0.25, 0.3) is 0 Å². The summed E-state index contributed by atoms with van der Waals surface area (Å²) in [5.41, 5.74) is 2.49. The molecular formula is C21H25N9. The average Bonchev–Trinajstić information content (AvgIpc) is 3.19. The molecule has 0 radical (unpaired) electrons. The van der Waals surface area contributed by atoms with Gasteiger partial charge in [0.15, 0.2) is 0 Å². The second-order valence-electron chi connectivity index (χ2n) is 7.57. The molecule has 9 nitrogen and oxygen atoms in total. The van der Waals surface area contributed by atoms with E-state index in [2.05, 4.69) is 43.3 Å². The van der Waals surface area contributed by atoms with Crippen molar-refractivity contribution in [3.63, 3.8) is 0 Å². The summed E-state index contributed by atoms with van der Waals surface area (Å²) in [5, 5.41) is 16.3. The lowest BCUT2D eigenvalue weighted by molar-refractivity contribution is 0.477. The molecule has 4 rings (SSSR count). The summed E-state index contributed by atoms with van der Waals surface area (Å²) in [7, 11) is 3.98. The number of nitriles is 1. The van der Waals surface area contributed by atoms with Crippen LogP contribution in [-0.4, -0.2) is 50.9 Å². The highest BCUT2D eigenvalue weighted by atomic mass is 15.3. The molecule has 154 valence electrons. The number of anilines is 4. The van der Waals surface area contributed by atoms with Crippen molar-refractivity contribution in [2.45, 2.75) is 25.8 Å². The van der Waals surface area contributed by atoms with Crippen molar-refractivity contribution in [3.05, 3.63) is 48.0 Å². The van der Waals surface area contributed by atoms with Gasteiger partial charge in [-0.25, -0.2) is 9.97 Å². The summed E-state index contributed by atoms with van der Waals surface area (Å²) in [6.45, 7) is 3.87. The van der Waals surface area contributed by atoms with Crippen molar-refractivity contribution < 1.29 is 0 Å². The number of piperidine rings is 1. The Morgan fingerprint density at radius 3 is 2.60 bits per heavy atom. The van der Waals surface area contributed by atoms with Gasteiger partial charge in [-0.05, 0) is 31.9 Å². The minimum absolute atomic E-state index is 0.388. The zero-order chi connectivity index (χ0) is 21.1. The molecule has 1 aliphatic rings. The van der Waals surface area contributed by atoms with E-state index in [0.29, 0.717) is 17.6 Å². The lowest BCUT2D eigenvalue weighted by Crippen LogP contribution is -2.44. The summed E-state index contributed by atoms with van der Waals surface area (Å²) in [6, 6.07) is 6.25. The molecule has 0 atom stereocenters. The van der Waals surface area contributed by atoms with E-state index in [9.17, 15) is 0 Å². The Labute approximate surface area is 176 Å². The molecule has 0 aliphatic carbocycles. The lowest BCUT2D eigenvalue weighted by atomic mass is 10.0. The Kier molecular flexibility index (Phi) is 5.48. The molecule has 1 aliphatic heterocycles. The molecule has 1 fully saturated rings. The van der Waals surface area contributed by atoms with Gasteiger partial charge in [-0.15, -0.1) is 0 Å². The number of aryl methyl sites for hydroxylation is 2. The number of nitrogens with zero attached hydrogens (tertiary/aromatic N) is 8. The number of pyridine rings is 1. The monoisotopic (exact) mass is 403 g/mol. The zero-order valence-corrected chi connectivity index (χ0v) is 17.4. The normalized spacial score (nSPS) is 14.4. The highest BCUT2D eigenvalue weighted by Gasteiger charge is 2.25. The minimum atomic E-state index is 0.388. The fourth-order valence-electron chi connectivity index (χ4n) is 3.76. The van der Waals surface area contributed by atoms with Crippen molar-refractivity contribution in [2.24, 2.45) is 7.05 Å². The summed E-state index contributed by atoms with van der Waals surface area (Å²) < 4.78 is 1.74. The molecule has 0 spiro atoms. The molecule has 0 aromatic carbocycles. The van der Waals surface area contributed by atoms with E-state index in [1.807, 2.05) is 38.5 Å². The van der Waals surface area contributed by atoms with E-state index in [0.717, 1.165) is 48.8 Å². The van der Waals surface area contributed by atoms with Crippen LogP contribution < -0.4 is 15.1 Å². The van der Waals surface area contributed by atoms with Crippen LogP contribution in [0, 0.1) is 18.3 Å². The summed E-state index contributed by atoms with van der Waals surface area (Å²) in [4.78, 5) is 18.1. The third kappa shape index (κ3) is 4.17. The Morgan fingerprint density at radius 1 is 1.17 bits per heavy atom. The fourth-order valence-corrected chi connectivity index (χ4v) is 3.76. The molecule has 0 unspecified atom stereocenters. The Morgan fingerprint density at radius 2 is 1.97 bits per heavy atom. The van der Waals surface area contributed by atoms with Crippen LogP contribution in [0.5, 0.6) is 0 Å². The molecule has 3 aromatic rings. The average molecular weight is 403 g/mol. The van der Waals surface area contributed by atoms with Crippen LogP contribution in [0.1, 0.15) is 24.0 Å². The molecule has 1 saturated heterocycles. The number of aromatic nitrogens is 5. The number of rotatable bonds is 5. The maximum Gasteiger partial charge on any atom is 0.229 e. The van der Waals surface area contributed by atoms with Gasteiger partial charge in [-0.3, -0.25) is 4.68 Å². The molecule has 0 saturated carbocycles. The van der Waals surface area contributed by atoms with Gasteiger partial charge < -0.3 is 15.1 Å². The second-order valence-corrected chi connectivity index (χ2v) is 7.57. The van der Waals surface area contributed by atoms with Crippen LogP contribution in [0.3, 0.4) is 0 Å². The number of hydrogen-bond acceptors (Lipinski definition) is 8. The van der Waals surface area contributed by atoms with Crippen molar-refractivity contribution in [3.8, 4) is 6.07 Å². The van der Waals surface area contributed by atoms with Gasteiger partial charge in [0.05, 0.1) is 17.4 Å². The molecule has 4 heterocycles. The van der Waals surface area contributed by atoms with Gasteiger partial charge in [-0.2, -0.15) is 15.3 Å². The third-order valence-electron chi connectivity index (χ3n) is 5.45. The first kappa shape index (κ1) is 19.6. The van der Waals surface area contributed by atoms with Crippen LogP contribution in [0.4, 0.5) is 23.3 Å². The smallest absolute Gasteiger partial charge is 0.229 e. The van der Waals surface area contributed by atoms with E-state index < -0.39 is 0 Å². The molecule has 0 bridgehead atoms. The van der Waals surface area contributed by atoms with E-state index >= 15 is 0 Å². The Hall–Kier alpha value is -3.67. The highest BCUT2D eigenvalue weighted by molar-refractivity contribution is 5.55. The molecule has 1 N–H and O–H groups in total. The summed E-state index contributed by atoms with van der Waals surface area (Å²) >= 11 is 0. The molecular weight excluding hydrogens is 378 g/mol. The lowest BCUT2D eigenvalue weighted by Gasteiger charge is -2.38. The number of hydrogen-bond donors (Lipinski definition) is 1. The molecule has 3 aromatic heterocycles. The topological polar surface area (TPSA) is 98.8 Å². The van der Waals surface area contributed by atoms with Gasteiger partial charge >= 0.3 is 0 Å². The van der Waals surface area contributed by atoms with Crippen LogP contribution in [0.25, 0.3) is 0 Å². The van der Waals surface area contributed by atoms with Crippen LogP contribution in [0.15, 0.2) is 36.9 Å². The molecule has 9 heteroatoms. The first-order valence-corrected chi connectivity index (χ1v) is 9.97. The summed E-state index contributed by atoms with van der Waals surface area (Å²) in [6.07, 6.45) is 9.14. The standard InChI is InChI=1S/C21H25N9/c1-15-11-24-21(26-17-13-25-28(2)14-17)27-20(15)29(3)18-6-8-30(9-7-18)19-5-4-16(10-22)12-23-19/h4-5,11-14,18H,6-9H2,1-3H3,(H,24,26,27). The van der Waals surface area contributed by atoms with Crippen molar-refractivity contribution >= 4 is 23.3 Å². The Balaban J connectivity index is 1.42. The van der Waals surface area contributed by atoms with Crippen molar-refractivity contribution in [1.29, 1.82) is 5.26 Å². The van der Waals surface area contributed by atoms with E-state index in [4.69, 9.17) is 10.2 Å². The second kappa shape index (κ2) is 8.37. The van der Waals surface area contributed by atoms with E-state index in [1.54, 1.807) is 17.1 Å². The van der Waals surface area contributed by atoms with Gasteiger partial charge in [0, 0.05) is 57.4 Å². The summed E-state index contributed by atoms with van der Waals surface area (Å²) in [5.74, 6) is 2.43. The SMILES string of the molecule is Cc1cnc(Nc2cnn(C)c2)nc1N(C)C1CCN(c2ccc(C#N)cn2)CC1. The van der Waals surface area contributed by atoms with E-state index in [1.165, 1.54) is 0 Å². The van der Waals surface area contributed by atoms with Gasteiger partial charge in [0.1, 0.15) is 17.7 Å². The maximum atomic E-state index is 8.94. The molecule has 0 amide bonds. The predicted molar refractivity (Wildman–Crippen MR) is 116 cm³/mol. The first-order chi connectivity index (χ1) is 14.5. The van der Waals surface area contributed by atoms with Crippen LogP contribution in [0.2, 0.25) is 0 Å². The highest BCUT2D eigenvalue weighted by Crippen LogP contribution is 2.26. The Bertz CT molecular complexity index is 1040. The van der Waals surface area contributed by atoms with Crippen LogP contribution in [-0.2, 0) is 7.05 Å². The first-order valence-electron chi connectivity index (χ1n) is 9.97. The predicted octanol–water partition coefficient (Wildman–Crippen LogP) is 2.63. The third-order valence-corrected chi connectivity index (χ3v) is 5.45. The van der Waals surface area contributed by atoms with Crippen LogP contribution >= 0.6 is 0 Å². The maximum absolute atomic E-state index is 8.94. The zero-order valence-electron chi connectivity index (χ0n) is 17.4. The molecule has 30 heavy (non-hydrogen) atoms. The van der Waals surface area contributed by atoms with Gasteiger partial charge in [0.2, 0.25) is 5.95 Å². The number of nitrogens with one attached hydrogen (secondary N) is 1. The van der Waals surface area contributed by atoms with Crippen molar-refractivity contribution in [2.75, 3.05) is 35.3 Å². The quantitative estimate of drug-likeness (QED) is 0.694. The minimum Gasteiger partial charge on any atom is -0.356 e. The van der Waals surface area contributed by atoms with Crippen molar-refractivity contribution in [1.82, 2.24) is 24.7 Å². The fraction of sp³-hybridized carbons (Fsp3) is 0.381. The largest absolute Gasteiger partial charge is 0.356 e. The van der Waals surface area contributed by atoms with Gasteiger partial charge in [-0.1, -0.05) is 0 Å².